The van der Waals surface area contributed by atoms with Crippen molar-refractivity contribution in [3.63, 3.8) is 0 Å². The van der Waals surface area contributed by atoms with Crippen LogP contribution in [0.2, 0.25) is 5.02 Å². The minimum Gasteiger partial charge on any atom is -0.326 e. The Hall–Kier alpha value is -1.06. The Morgan fingerprint density at radius 3 is 2.69 bits per heavy atom. The summed E-state index contributed by atoms with van der Waals surface area (Å²) in [7, 11) is 0. The van der Waals surface area contributed by atoms with Gasteiger partial charge in [-0.05, 0) is 37.1 Å². The molecule has 1 aromatic rings. The van der Waals surface area contributed by atoms with Crippen LogP contribution in [0.3, 0.4) is 0 Å². The maximum Gasteiger partial charge on any atom is 0.227 e. The minimum atomic E-state index is 0.0714. The van der Waals surface area contributed by atoms with Crippen molar-refractivity contribution in [2.45, 2.75) is 25.3 Å². The van der Waals surface area contributed by atoms with Crippen LogP contribution in [0.25, 0.3) is 0 Å². The zero-order valence-electron chi connectivity index (χ0n) is 9.03. The molecule has 86 valence electrons. The Morgan fingerprint density at radius 2 is 2.00 bits per heavy atom. The molecule has 4 heteroatoms. The van der Waals surface area contributed by atoms with E-state index >= 15 is 0 Å². The fourth-order valence-corrected chi connectivity index (χ4v) is 2.07. The van der Waals surface area contributed by atoms with Crippen molar-refractivity contribution >= 4 is 23.2 Å². The molecule has 3 nitrogen and oxygen atoms in total. The first kappa shape index (κ1) is 11.4. The molecule has 1 fully saturated rings. The van der Waals surface area contributed by atoms with E-state index in [1.54, 1.807) is 17.0 Å². The molecule has 0 radical (unpaired) electrons. The predicted molar refractivity (Wildman–Crippen MR) is 65.6 cm³/mol. The lowest BCUT2D eigenvalue weighted by Gasteiger charge is -2.22. The molecule has 1 heterocycles. The van der Waals surface area contributed by atoms with Gasteiger partial charge in [-0.25, -0.2) is 0 Å². The summed E-state index contributed by atoms with van der Waals surface area (Å²) in [4.78, 5) is 13.6. The number of halogens is 1. The molecule has 1 aromatic carbocycles. The van der Waals surface area contributed by atoms with Crippen molar-refractivity contribution in [1.82, 2.24) is 0 Å². The number of rotatable bonds is 1. The van der Waals surface area contributed by atoms with E-state index in [1.165, 1.54) is 0 Å². The van der Waals surface area contributed by atoms with Crippen LogP contribution in [0.4, 0.5) is 5.69 Å². The molecule has 1 unspecified atom stereocenters. The molecule has 1 saturated heterocycles. The van der Waals surface area contributed by atoms with Gasteiger partial charge in [0.1, 0.15) is 0 Å². The van der Waals surface area contributed by atoms with Crippen LogP contribution in [0.1, 0.15) is 19.3 Å². The van der Waals surface area contributed by atoms with E-state index in [-0.39, 0.29) is 11.9 Å². The number of carbonyl (C=O) groups excluding carboxylic acids is 1. The SMILES string of the molecule is NC1CCCC(=O)N(c2ccc(Cl)cc2)C1. The number of nitrogens with zero attached hydrogens (tertiary/aromatic N) is 1. The molecule has 16 heavy (non-hydrogen) atoms. The van der Waals surface area contributed by atoms with Crippen molar-refractivity contribution < 1.29 is 4.79 Å². The second-order valence-electron chi connectivity index (χ2n) is 4.13. The third-order valence-electron chi connectivity index (χ3n) is 2.82. The molecule has 2 rings (SSSR count). The molecule has 0 aromatic heterocycles. The highest BCUT2D eigenvalue weighted by atomic mass is 35.5. The number of nitrogens with two attached hydrogens (primary N) is 1. The fourth-order valence-electron chi connectivity index (χ4n) is 1.95. The number of carbonyl (C=O) groups is 1. The molecule has 0 aliphatic carbocycles. The first-order valence-corrected chi connectivity index (χ1v) is 5.86. The molecule has 1 aliphatic rings. The van der Waals surface area contributed by atoms with Crippen LogP contribution in [0.15, 0.2) is 24.3 Å². The van der Waals surface area contributed by atoms with Crippen molar-refractivity contribution in [2.75, 3.05) is 11.4 Å². The van der Waals surface area contributed by atoms with Gasteiger partial charge >= 0.3 is 0 Å². The predicted octanol–water partition coefficient (Wildman–Crippen LogP) is 2.18. The average molecular weight is 239 g/mol. The van der Waals surface area contributed by atoms with E-state index in [9.17, 15) is 4.79 Å². The van der Waals surface area contributed by atoms with Crippen LogP contribution in [-0.2, 0) is 4.79 Å². The topological polar surface area (TPSA) is 46.3 Å². The Labute approximate surface area is 100 Å². The number of benzene rings is 1. The summed E-state index contributed by atoms with van der Waals surface area (Å²) in [6.07, 6.45) is 2.37. The molecule has 1 aliphatic heterocycles. The molecule has 1 amide bonds. The zero-order chi connectivity index (χ0) is 11.5. The van der Waals surface area contributed by atoms with E-state index in [4.69, 9.17) is 17.3 Å². The van der Waals surface area contributed by atoms with Gasteiger partial charge in [-0.15, -0.1) is 0 Å². The van der Waals surface area contributed by atoms with Gasteiger partial charge in [-0.1, -0.05) is 11.6 Å². The van der Waals surface area contributed by atoms with Crippen molar-refractivity contribution in [3.05, 3.63) is 29.3 Å². The third kappa shape index (κ3) is 2.54. The molecule has 0 saturated carbocycles. The first-order chi connectivity index (χ1) is 7.66. The second kappa shape index (κ2) is 4.85. The van der Waals surface area contributed by atoms with E-state index in [1.807, 2.05) is 12.1 Å². The number of hydrogen-bond donors (Lipinski definition) is 1. The van der Waals surface area contributed by atoms with Crippen LogP contribution >= 0.6 is 11.6 Å². The first-order valence-electron chi connectivity index (χ1n) is 5.48. The van der Waals surface area contributed by atoms with Gasteiger partial charge in [0.2, 0.25) is 5.91 Å². The van der Waals surface area contributed by atoms with Gasteiger partial charge in [-0.2, -0.15) is 0 Å². The normalized spacial score (nSPS) is 22.0. The van der Waals surface area contributed by atoms with Crippen LogP contribution in [0.5, 0.6) is 0 Å². The van der Waals surface area contributed by atoms with E-state index in [2.05, 4.69) is 0 Å². The third-order valence-corrected chi connectivity index (χ3v) is 3.07. The van der Waals surface area contributed by atoms with Crippen molar-refractivity contribution in [3.8, 4) is 0 Å². The van der Waals surface area contributed by atoms with Crippen LogP contribution in [0, 0.1) is 0 Å². The Bertz CT molecular complexity index is 377. The van der Waals surface area contributed by atoms with Crippen LogP contribution < -0.4 is 10.6 Å². The molecular weight excluding hydrogens is 224 g/mol. The lowest BCUT2D eigenvalue weighted by atomic mass is 10.1. The summed E-state index contributed by atoms with van der Waals surface area (Å²) >= 11 is 5.82. The van der Waals surface area contributed by atoms with Crippen molar-refractivity contribution in [2.24, 2.45) is 5.73 Å². The maximum absolute atomic E-state index is 11.9. The monoisotopic (exact) mass is 238 g/mol. The number of hydrogen-bond acceptors (Lipinski definition) is 2. The van der Waals surface area contributed by atoms with Gasteiger partial charge in [0.05, 0.1) is 0 Å². The highest BCUT2D eigenvalue weighted by Gasteiger charge is 2.22. The largest absolute Gasteiger partial charge is 0.326 e. The van der Waals surface area contributed by atoms with Gasteiger partial charge in [-0.3, -0.25) is 4.79 Å². The molecular formula is C12H15ClN2O. The Kier molecular flexibility index (Phi) is 3.46. The fraction of sp³-hybridized carbons (Fsp3) is 0.417. The summed E-state index contributed by atoms with van der Waals surface area (Å²) in [5.74, 6) is 0.148. The summed E-state index contributed by atoms with van der Waals surface area (Å²) in [5.41, 5.74) is 6.82. The van der Waals surface area contributed by atoms with Gasteiger partial charge in [0.25, 0.3) is 0 Å². The zero-order valence-corrected chi connectivity index (χ0v) is 9.78. The highest BCUT2D eigenvalue weighted by molar-refractivity contribution is 6.30. The summed E-state index contributed by atoms with van der Waals surface area (Å²) in [6, 6.07) is 7.37. The smallest absolute Gasteiger partial charge is 0.227 e. The summed E-state index contributed by atoms with van der Waals surface area (Å²) in [5, 5.41) is 0.676. The van der Waals surface area contributed by atoms with E-state index in [0.717, 1.165) is 18.5 Å². The standard InChI is InChI=1S/C12H15ClN2O/c13-9-4-6-11(7-5-9)15-8-10(14)2-1-3-12(15)16/h4-7,10H,1-3,8,14H2. The molecule has 0 spiro atoms. The molecule has 0 bridgehead atoms. The number of amides is 1. The molecule has 1 atom stereocenters. The second-order valence-corrected chi connectivity index (χ2v) is 4.57. The van der Waals surface area contributed by atoms with Crippen molar-refractivity contribution in [1.29, 1.82) is 0 Å². The van der Waals surface area contributed by atoms with Gasteiger partial charge < -0.3 is 10.6 Å². The van der Waals surface area contributed by atoms with E-state index < -0.39 is 0 Å². The van der Waals surface area contributed by atoms with E-state index in [0.29, 0.717) is 18.0 Å². The summed E-state index contributed by atoms with van der Waals surface area (Å²) in [6.45, 7) is 0.598. The maximum atomic E-state index is 11.9. The average Bonchev–Trinajstić information content (AvgIpc) is 2.42. The minimum absolute atomic E-state index is 0.0714. The van der Waals surface area contributed by atoms with Gasteiger partial charge in [0.15, 0.2) is 0 Å². The van der Waals surface area contributed by atoms with Gasteiger partial charge in [0, 0.05) is 29.7 Å². The number of anilines is 1. The Balaban J connectivity index is 2.23. The molecule has 2 N–H and O–H groups in total. The Morgan fingerprint density at radius 1 is 1.31 bits per heavy atom. The van der Waals surface area contributed by atoms with Crippen LogP contribution in [-0.4, -0.2) is 18.5 Å². The lowest BCUT2D eigenvalue weighted by molar-refractivity contribution is -0.118. The lowest BCUT2D eigenvalue weighted by Crippen LogP contribution is -2.38. The summed E-state index contributed by atoms with van der Waals surface area (Å²) < 4.78 is 0. The quantitative estimate of drug-likeness (QED) is 0.815. The highest BCUT2D eigenvalue weighted by Crippen LogP contribution is 2.21.